The molecule has 0 atom stereocenters. The molecule has 0 aliphatic carbocycles. The monoisotopic (exact) mass is 550 g/mol. The highest BCUT2D eigenvalue weighted by atomic mass is 127. The van der Waals surface area contributed by atoms with Gasteiger partial charge in [-0.2, -0.15) is 0 Å². The van der Waals surface area contributed by atoms with Gasteiger partial charge in [0.1, 0.15) is 0 Å². The van der Waals surface area contributed by atoms with E-state index in [1.165, 1.54) is 0 Å². The molecule has 0 bridgehead atoms. The van der Waals surface area contributed by atoms with Gasteiger partial charge in [0, 0.05) is 58.9 Å². The summed E-state index contributed by atoms with van der Waals surface area (Å²) in [4.78, 5) is 11.7. The lowest BCUT2D eigenvalue weighted by Gasteiger charge is -2.36. The Bertz CT molecular complexity index is 636. The lowest BCUT2D eigenvalue weighted by atomic mass is 10.2. The van der Waals surface area contributed by atoms with Gasteiger partial charge in [0.05, 0.1) is 23.9 Å². The van der Waals surface area contributed by atoms with Crippen molar-refractivity contribution in [3.8, 4) is 0 Å². The number of anilines is 1. The summed E-state index contributed by atoms with van der Waals surface area (Å²) < 4.78 is 5.36. The van der Waals surface area contributed by atoms with Gasteiger partial charge in [0.25, 0.3) is 0 Å². The molecule has 1 aromatic carbocycles. The molecule has 3 N–H and O–H groups in total. The Kier molecular flexibility index (Phi) is 12.1. The summed E-state index contributed by atoms with van der Waals surface area (Å²) >= 11 is 6.32. The van der Waals surface area contributed by atoms with Crippen molar-refractivity contribution in [1.82, 2.24) is 15.1 Å². The lowest BCUT2D eigenvalue weighted by molar-refractivity contribution is 0.0377. The molecule has 0 aromatic heterocycles. The second kappa shape index (κ2) is 14.3. The molecule has 30 heavy (non-hydrogen) atoms. The summed E-state index contributed by atoms with van der Waals surface area (Å²) in [6.07, 6.45) is 2.11. The number of piperazine rings is 1. The molecule has 0 radical (unpaired) electrons. The molecule has 2 saturated heterocycles. The average molecular weight is 551 g/mol. The number of aliphatic imine (C=N–C) groups is 1. The Hall–Kier alpha value is -0.810. The van der Waals surface area contributed by atoms with Gasteiger partial charge in [-0.3, -0.25) is 14.8 Å². The van der Waals surface area contributed by atoms with E-state index >= 15 is 0 Å². The first-order valence-electron chi connectivity index (χ1n) is 10.8. The molecule has 2 aliphatic rings. The topological polar surface area (TPSA) is 69.4 Å². The van der Waals surface area contributed by atoms with Gasteiger partial charge >= 0.3 is 0 Å². The summed E-state index contributed by atoms with van der Waals surface area (Å²) in [5.41, 5.74) is 7.13. The predicted molar refractivity (Wildman–Crippen MR) is 137 cm³/mol. The first-order chi connectivity index (χ1) is 14.2. The van der Waals surface area contributed by atoms with Crippen LogP contribution in [-0.2, 0) is 4.74 Å². The number of hydrogen-bond acceptors (Lipinski definition) is 5. The van der Waals surface area contributed by atoms with Gasteiger partial charge in [-0.25, -0.2) is 0 Å². The normalized spacial score (nSPS) is 18.8. The van der Waals surface area contributed by atoms with Crippen LogP contribution < -0.4 is 16.0 Å². The number of nitrogens with zero attached hydrogens (tertiary/aromatic N) is 4. The first kappa shape index (κ1) is 25.5. The van der Waals surface area contributed by atoms with Gasteiger partial charge in [-0.15, -0.1) is 24.0 Å². The van der Waals surface area contributed by atoms with Crippen LogP contribution in [0.25, 0.3) is 0 Å². The van der Waals surface area contributed by atoms with E-state index in [2.05, 4.69) is 31.1 Å². The van der Waals surface area contributed by atoms with E-state index in [4.69, 9.17) is 22.1 Å². The van der Waals surface area contributed by atoms with Gasteiger partial charge in [-0.05, 0) is 31.5 Å². The first-order valence-corrected chi connectivity index (χ1v) is 11.2. The number of para-hydroxylation sites is 1. The van der Waals surface area contributed by atoms with Crippen molar-refractivity contribution in [2.24, 2.45) is 10.7 Å². The highest BCUT2D eigenvalue weighted by molar-refractivity contribution is 14.0. The van der Waals surface area contributed by atoms with E-state index in [0.717, 1.165) is 102 Å². The van der Waals surface area contributed by atoms with E-state index in [0.29, 0.717) is 5.96 Å². The molecule has 1 aromatic rings. The highest BCUT2D eigenvalue weighted by Crippen LogP contribution is 2.25. The SMILES string of the molecule is I.NC(=NCCCN1CCOCC1)NCCCN1CCN(c2ccccc2Cl)CC1. The van der Waals surface area contributed by atoms with E-state index < -0.39 is 0 Å². The minimum absolute atomic E-state index is 0. The number of rotatable bonds is 9. The summed E-state index contributed by atoms with van der Waals surface area (Å²) in [6, 6.07) is 8.09. The van der Waals surface area contributed by atoms with Crippen molar-refractivity contribution in [3.63, 3.8) is 0 Å². The van der Waals surface area contributed by atoms with Crippen molar-refractivity contribution >= 4 is 47.2 Å². The Morgan fingerprint density at radius 2 is 1.67 bits per heavy atom. The molecule has 0 amide bonds. The van der Waals surface area contributed by atoms with Crippen LogP contribution in [0.3, 0.4) is 0 Å². The minimum Gasteiger partial charge on any atom is -0.379 e. The molecular weight excluding hydrogens is 515 g/mol. The second-order valence-electron chi connectivity index (χ2n) is 7.63. The second-order valence-corrected chi connectivity index (χ2v) is 8.04. The number of halogens is 2. The molecule has 2 aliphatic heterocycles. The van der Waals surface area contributed by atoms with Crippen molar-refractivity contribution in [3.05, 3.63) is 29.3 Å². The van der Waals surface area contributed by atoms with Gasteiger partial charge < -0.3 is 20.7 Å². The molecule has 170 valence electrons. The summed E-state index contributed by atoms with van der Waals surface area (Å²) in [5.74, 6) is 0.565. The maximum Gasteiger partial charge on any atom is 0.188 e. The number of guanidine groups is 1. The van der Waals surface area contributed by atoms with Crippen LogP contribution in [0.2, 0.25) is 5.02 Å². The van der Waals surface area contributed by atoms with Crippen LogP contribution in [0.5, 0.6) is 0 Å². The van der Waals surface area contributed by atoms with Crippen molar-refractivity contribution in [2.45, 2.75) is 12.8 Å². The number of hydrogen-bond donors (Lipinski definition) is 2. The summed E-state index contributed by atoms with van der Waals surface area (Å²) in [6.45, 7) is 11.7. The van der Waals surface area contributed by atoms with E-state index in [1.54, 1.807) is 0 Å². The molecule has 0 spiro atoms. The minimum atomic E-state index is 0. The third-order valence-corrected chi connectivity index (χ3v) is 5.86. The Balaban J connectivity index is 0.00000320. The number of ether oxygens (including phenoxy) is 1. The molecular formula is C21H36ClIN6O. The predicted octanol–water partition coefficient (Wildman–Crippen LogP) is 2.10. The standard InChI is InChI=1S/C21H35ClN6O.HI/c22-19-5-1-2-6-20(19)28-13-11-26(12-14-28)9-3-7-24-21(23)25-8-4-10-27-15-17-29-18-16-27;/h1-2,5-6H,3-4,7-18H2,(H3,23,24,25);1H. The Morgan fingerprint density at radius 1 is 1.00 bits per heavy atom. The maximum absolute atomic E-state index is 6.32. The molecule has 2 fully saturated rings. The fourth-order valence-electron chi connectivity index (χ4n) is 3.81. The van der Waals surface area contributed by atoms with Crippen molar-refractivity contribution in [1.29, 1.82) is 0 Å². The zero-order chi connectivity index (χ0) is 20.3. The number of nitrogens with one attached hydrogen (secondary N) is 1. The van der Waals surface area contributed by atoms with Crippen LogP contribution in [0.1, 0.15) is 12.8 Å². The van der Waals surface area contributed by atoms with E-state index in [9.17, 15) is 0 Å². The van der Waals surface area contributed by atoms with Crippen LogP contribution in [0, 0.1) is 0 Å². The van der Waals surface area contributed by atoms with Gasteiger partial charge in [0.2, 0.25) is 0 Å². The molecule has 3 rings (SSSR count). The molecule has 0 unspecified atom stereocenters. The average Bonchev–Trinajstić information content (AvgIpc) is 2.76. The van der Waals surface area contributed by atoms with Crippen molar-refractivity contribution < 1.29 is 4.74 Å². The van der Waals surface area contributed by atoms with Gasteiger partial charge in [0.15, 0.2) is 5.96 Å². The Labute approximate surface area is 203 Å². The van der Waals surface area contributed by atoms with E-state index in [1.807, 2.05) is 18.2 Å². The van der Waals surface area contributed by atoms with Crippen LogP contribution in [-0.4, -0.2) is 94.4 Å². The maximum atomic E-state index is 6.32. The molecule has 7 nitrogen and oxygen atoms in total. The summed E-state index contributed by atoms with van der Waals surface area (Å²) in [5, 5.41) is 4.08. The van der Waals surface area contributed by atoms with Crippen LogP contribution in [0.4, 0.5) is 5.69 Å². The fourth-order valence-corrected chi connectivity index (χ4v) is 4.07. The molecule has 0 saturated carbocycles. The zero-order valence-corrected chi connectivity index (χ0v) is 20.9. The van der Waals surface area contributed by atoms with Crippen molar-refractivity contribution in [2.75, 3.05) is 83.6 Å². The van der Waals surface area contributed by atoms with Crippen LogP contribution in [0.15, 0.2) is 29.3 Å². The molecule has 9 heteroatoms. The van der Waals surface area contributed by atoms with Gasteiger partial charge in [-0.1, -0.05) is 23.7 Å². The third kappa shape index (κ3) is 8.74. The Morgan fingerprint density at radius 3 is 2.40 bits per heavy atom. The van der Waals surface area contributed by atoms with E-state index in [-0.39, 0.29) is 24.0 Å². The van der Waals surface area contributed by atoms with Crippen LogP contribution >= 0.6 is 35.6 Å². The number of nitrogens with two attached hydrogens (primary N) is 1. The quantitative estimate of drug-likeness (QED) is 0.212. The highest BCUT2D eigenvalue weighted by Gasteiger charge is 2.18. The largest absolute Gasteiger partial charge is 0.379 e. The molecule has 2 heterocycles. The third-order valence-electron chi connectivity index (χ3n) is 5.54. The smallest absolute Gasteiger partial charge is 0.188 e. The summed E-state index contributed by atoms with van der Waals surface area (Å²) in [7, 11) is 0. The number of benzene rings is 1. The zero-order valence-electron chi connectivity index (χ0n) is 17.8. The lowest BCUT2D eigenvalue weighted by Crippen LogP contribution is -2.47. The fraction of sp³-hybridized carbons (Fsp3) is 0.667. The number of morpholine rings is 1.